The third-order valence-electron chi connectivity index (χ3n) is 0.817. The minimum Gasteiger partial charge on any atom is -0.405 e. The number of hydrogen-bond acceptors (Lipinski definition) is 2. The van der Waals surface area contributed by atoms with Gasteiger partial charge < -0.3 is 10.5 Å². The summed E-state index contributed by atoms with van der Waals surface area (Å²) in [6.45, 7) is 6.31. The van der Waals surface area contributed by atoms with Crippen molar-refractivity contribution in [2.45, 2.75) is 6.36 Å². The quantitative estimate of drug-likeness (QED) is 0.624. The topological polar surface area (TPSA) is 35.2 Å². The second kappa shape index (κ2) is 4.36. The lowest BCUT2D eigenvalue weighted by molar-refractivity contribution is -0.303. The molecule has 0 aliphatic carbocycles. The van der Waals surface area contributed by atoms with Crippen LogP contribution in [0.5, 0.6) is 0 Å². The average Bonchev–Trinajstić information content (AvgIpc) is 1.81. The Bertz CT molecular complexity index is 257. The van der Waals surface area contributed by atoms with Crippen molar-refractivity contribution in [3.63, 3.8) is 0 Å². The molecule has 0 heterocycles. The monoisotopic (exact) mass is 257 g/mol. The Labute approximate surface area is 81.7 Å². The molecule has 2 N–H and O–H groups in total. The van der Waals surface area contributed by atoms with Crippen LogP contribution in [0.1, 0.15) is 0 Å². The zero-order valence-electron chi connectivity index (χ0n) is 6.49. The van der Waals surface area contributed by atoms with E-state index in [9.17, 15) is 13.2 Å². The van der Waals surface area contributed by atoms with E-state index in [1.54, 1.807) is 0 Å². The van der Waals surface area contributed by atoms with Gasteiger partial charge in [0.05, 0.1) is 4.48 Å². The molecule has 0 unspecified atom stereocenters. The van der Waals surface area contributed by atoms with E-state index >= 15 is 0 Å². The summed E-state index contributed by atoms with van der Waals surface area (Å²) in [5.41, 5.74) is 5.21. The van der Waals surface area contributed by atoms with E-state index in [2.05, 4.69) is 33.8 Å². The Balaban J connectivity index is 4.37. The van der Waals surface area contributed by atoms with Gasteiger partial charge in [-0.05, 0) is 22.0 Å². The zero-order valence-corrected chi connectivity index (χ0v) is 8.08. The molecule has 0 aromatic heterocycles. The number of hydrogen-bond donors (Lipinski definition) is 1. The van der Waals surface area contributed by atoms with Gasteiger partial charge in [0.1, 0.15) is 5.76 Å². The first kappa shape index (κ1) is 12.1. The third kappa shape index (κ3) is 6.27. The van der Waals surface area contributed by atoms with E-state index in [0.29, 0.717) is 0 Å². The van der Waals surface area contributed by atoms with E-state index in [1.165, 1.54) is 0 Å². The number of alkyl halides is 3. The highest BCUT2D eigenvalue weighted by Gasteiger charge is 2.32. The van der Waals surface area contributed by atoms with Crippen LogP contribution in [0.15, 0.2) is 35.2 Å². The highest BCUT2D eigenvalue weighted by Crippen LogP contribution is 2.26. The molecule has 0 rings (SSSR count). The van der Waals surface area contributed by atoms with Crippen LogP contribution in [0.3, 0.4) is 0 Å². The molecule has 0 amide bonds. The normalized spacial score (nSPS) is 12.5. The molecule has 0 aromatic rings. The number of ether oxygens (including phenoxy) is 1. The summed E-state index contributed by atoms with van der Waals surface area (Å²) in [6.07, 6.45) is -3.59. The Morgan fingerprint density at radius 1 is 1.38 bits per heavy atom. The molecular weight excluding hydrogens is 251 g/mol. The summed E-state index contributed by atoms with van der Waals surface area (Å²) in [5, 5.41) is 0. The molecule has 13 heavy (non-hydrogen) atoms. The van der Waals surface area contributed by atoms with Crippen molar-refractivity contribution >= 4 is 15.9 Å². The molecular formula is C7H7BrF3NO. The van der Waals surface area contributed by atoms with Crippen molar-refractivity contribution in [2.75, 3.05) is 0 Å². The van der Waals surface area contributed by atoms with Crippen molar-refractivity contribution in [1.29, 1.82) is 0 Å². The molecule has 0 aliphatic heterocycles. The van der Waals surface area contributed by atoms with Crippen LogP contribution < -0.4 is 5.73 Å². The maximum atomic E-state index is 11.6. The lowest BCUT2D eigenvalue weighted by Gasteiger charge is -2.10. The van der Waals surface area contributed by atoms with E-state index in [0.717, 1.165) is 6.08 Å². The van der Waals surface area contributed by atoms with Crippen LogP contribution >= 0.6 is 15.9 Å². The van der Waals surface area contributed by atoms with Gasteiger partial charge >= 0.3 is 6.36 Å². The van der Waals surface area contributed by atoms with Gasteiger partial charge in [0, 0.05) is 5.70 Å². The fraction of sp³-hybridized carbons (Fsp3) is 0.143. The van der Waals surface area contributed by atoms with Crippen LogP contribution in [0.4, 0.5) is 13.2 Å². The summed E-state index contributed by atoms with van der Waals surface area (Å²) in [6, 6.07) is 0. The van der Waals surface area contributed by atoms with Gasteiger partial charge in [-0.15, -0.1) is 13.2 Å². The van der Waals surface area contributed by atoms with Crippen molar-refractivity contribution < 1.29 is 17.9 Å². The fourth-order valence-electron chi connectivity index (χ4n) is 0.432. The van der Waals surface area contributed by atoms with Crippen molar-refractivity contribution in [3.8, 4) is 0 Å². The maximum absolute atomic E-state index is 11.6. The second-order valence-corrected chi connectivity index (χ2v) is 2.89. The molecule has 74 valence electrons. The molecule has 0 fully saturated rings. The van der Waals surface area contributed by atoms with Crippen molar-refractivity contribution in [2.24, 2.45) is 5.73 Å². The molecule has 0 spiro atoms. The van der Waals surface area contributed by atoms with Gasteiger partial charge in [-0.25, -0.2) is 0 Å². The van der Waals surface area contributed by atoms with Crippen LogP contribution in [-0.2, 0) is 4.74 Å². The average molecular weight is 258 g/mol. The summed E-state index contributed by atoms with van der Waals surface area (Å²) in [7, 11) is 0. The summed E-state index contributed by atoms with van der Waals surface area (Å²) >= 11 is 2.79. The number of allylic oxidation sites excluding steroid dienone is 2. The predicted octanol–water partition coefficient (Wildman–Crippen LogP) is 2.79. The van der Waals surface area contributed by atoms with Crippen LogP contribution in [0, 0.1) is 0 Å². The van der Waals surface area contributed by atoms with Crippen molar-refractivity contribution in [3.05, 3.63) is 35.2 Å². The summed E-state index contributed by atoms with van der Waals surface area (Å²) in [5.74, 6) is -0.570. The Morgan fingerprint density at radius 3 is 2.15 bits per heavy atom. The van der Waals surface area contributed by atoms with E-state index in [1.807, 2.05) is 0 Å². The minimum absolute atomic E-state index is 0.00248. The van der Waals surface area contributed by atoms with Gasteiger partial charge in [-0.1, -0.05) is 13.2 Å². The third-order valence-corrected chi connectivity index (χ3v) is 1.49. The van der Waals surface area contributed by atoms with E-state index in [4.69, 9.17) is 5.73 Å². The van der Waals surface area contributed by atoms with Crippen LogP contribution in [-0.4, -0.2) is 6.36 Å². The standard InChI is InChI=1S/C7H7BrF3NO/c1-4(12)3-6(8)5(2)13-7(9,10)11/h3H,1-2,12H2/b6-3+. The number of rotatable bonds is 3. The fourth-order valence-corrected chi connectivity index (χ4v) is 0.807. The molecule has 0 atom stereocenters. The first-order valence-corrected chi connectivity index (χ1v) is 3.78. The Morgan fingerprint density at radius 2 is 1.85 bits per heavy atom. The van der Waals surface area contributed by atoms with Crippen LogP contribution in [0.25, 0.3) is 0 Å². The van der Waals surface area contributed by atoms with Crippen LogP contribution in [0.2, 0.25) is 0 Å². The number of halogens is 4. The first-order chi connectivity index (χ1) is 5.72. The smallest absolute Gasteiger partial charge is 0.405 e. The summed E-state index contributed by atoms with van der Waals surface area (Å²) < 4.78 is 38.3. The molecule has 0 bridgehead atoms. The van der Waals surface area contributed by atoms with E-state index < -0.39 is 12.1 Å². The van der Waals surface area contributed by atoms with E-state index in [-0.39, 0.29) is 10.2 Å². The maximum Gasteiger partial charge on any atom is 0.573 e. The van der Waals surface area contributed by atoms with Gasteiger partial charge in [-0.3, -0.25) is 0 Å². The molecule has 6 heteroatoms. The second-order valence-electron chi connectivity index (χ2n) is 2.04. The van der Waals surface area contributed by atoms with Gasteiger partial charge in [0.25, 0.3) is 0 Å². The molecule has 0 radical (unpaired) electrons. The SMILES string of the molecule is C=C(N)/C=C(/Br)C(=C)OC(F)(F)F. The zero-order chi connectivity index (χ0) is 10.6. The Hall–Kier alpha value is -0.910. The van der Waals surface area contributed by atoms with Gasteiger partial charge in [0.2, 0.25) is 0 Å². The molecule has 0 aliphatic rings. The molecule has 0 saturated heterocycles. The van der Waals surface area contributed by atoms with Crippen molar-refractivity contribution in [1.82, 2.24) is 0 Å². The largest absolute Gasteiger partial charge is 0.573 e. The predicted molar refractivity (Wildman–Crippen MR) is 46.6 cm³/mol. The highest BCUT2D eigenvalue weighted by atomic mass is 79.9. The molecule has 2 nitrogen and oxygen atoms in total. The summed E-state index contributed by atoms with van der Waals surface area (Å²) in [4.78, 5) is 0. The Kier molecular flexibility index (Phi) is 4.06. The lowest BCUT2D eigenvalue weighted by atomic mass is 10.4. The lowest BCUT2D eigenvalue weighted by Crippen LogP contribution is -2.12. The molecule has 0 saturated carbocycles. The highest BCUT2D eigenvalue weighted by molar-refractivity contribution is 9.11. The molecule has 0 aromatic carbocycles. The van der Waals surface area contributed by atoms with Gasteiger partial charge in [-0.2, -0.15) is 0 Å². The van der Waals surface area contributed by atoms with Gasteiger partial charge in [0.15, 0.2) is 0 Å². The first-order valence-electron chi connectivity index (χ1n) is 2.99. The number of nitrogens with two attached hydrogens (primary N) is 1. The minimum atomic E-state index is -4.75.